The zero-order valence-electron chi connectivity index (χ0n) is 12.8. The predicted octanol–water partition coefficient (Wildman–Crippen LogP) is 4.52. The first kappa shape index (κ1) is 14.6. The summed E-state index contributed by atoms with van der Waals surface area (Å²) in [6, 6.07) is 10.0. The number of rotatable bonds is 6. The normalized spacial score (nSPS) is 23.2. The van der Waals surface area contributed by atoms with Crippen LogP contribution >= 0.6 is 0 Å². The van der Waals surface area contributed by atoms with Gasteiger partial charge in [0.15, 0.2) is 0 Å². The molecule has 1 fully saturated rings. The molecule has 1 aliphatic rings. The van der Waals surface area contributed by atoms with Crippen LogP contribution in [0.2, 0.25) is 0 Å². The van der Waals surface area contributed by atoms with Gasteiger partial charge in [0.1, 0.15) is 0 Å². The second kappa shape index (κ2) is 7.09. The molecule has 2 rings (SSSR count). The Morgan fingerprint density at radius 1 is 1.26 bits per heavy atom. The molecule has 1 aliphatic carbocycles. The molecular formula is C18H29N. The summed E-state index contributed by atoms with van der Waals surface area (Å²) in [5.74, 6) is 1.48. The molecule has 0 heterocycles. The molecule has 1 N–H and O–H groups in total. The molecule has 0 aliphatic heterocycles. The van der Waals surface area contributed by atoms with Crippen molar-refractivity contribution in [3.8, 4) is 0 Å². The Bertz CT molecular complexity index is 383. The summed E-state index contributed by atoms with van der Waals surface area (Å²) < 4.78 is 0. The number of nitrogens with one attached hydrogen (secondary N) is 1. The van der Waals surface area contributed by atoms with Crippen LogP contribution in [0.3, 0.4) is 0 Å². The number of benzene rings is 1. The Labute approximate surface area is 118 Å². The molecule has 0 amide bonds. The van der Waals surface area contributed by atoms with E-state index in [9.17, 15) is 0 Å². The van der Waals surface area contributed by atoms with Gasteiger partial charge < -0.3 is 5.32 Å². The summed E-state index contributed by atoms with van der Waals surface area (Å²) in [5.41, 5.74) is 3.07. The molecule has 1 nitrogen and oxygen atoms in total. The Morgan fingerprint density at radius 2 is 2.11 bits per heavy atom. The third-order valence-electron chi connectivity index (χ3n) is 4.20. The van der Waals surface area contributed by atoms with Crippen molar-refractivity contribution in [2.75, 3.05) is 6.54 Å². The van der Waals surface area contributed by atoms with Gasteiger partial charge in [0.05, 0.1) is 0 Å². The van der Waals surface area contributed by atoms with Gasteiger partial charge in [0.25, 0.3) is 0 Å². The summed E-state index contributed by atoms with van der Waals surface area (Å²) in [6.45, 7) is 8.01. The maximum atomic E-state index is 3.74. The first-order chi connectivity index (χ1) is 9.20. The Morgan fingerprint density at radius 3 is 2.84 bits per heavy atom. The molecule has 0 bridgehead atoms. The van der Waals surface area contributed by atoms with Crippen LogP contribution in [0.1, 0.15) is 63.5 Å². The monoisotopic (exact) mass is 259 g/mol. The minimum atomic E-state index is 0.703. The average Bonchev–Trinajstić information content (AvgIpc) is 2.84. The second-order valence-electron chi connectivity index (χ2n) is 6.44. The molecule has 2 unspecified atom stereocenters. The van der Waals surface area contributed by atoms with Crippen LogP contribution in [0.5, 0.6) is 0 Å². The topological polar surface area (TPSA) is 12.0 Å². The zero-order chi connectivity index (χ0) is 13.7. The van der Waals surface area contributed by atoms with E-state index in [1.807, 2.05) is 0 Å². The Hall–Kier alpha value is -0.820. The van der Waals surface area contributed by atoms with Crippen molar-refractivity contribution in [1.29, 1.82) is 0 Å². The Kier molecular flexibility index (Phi) is 5.45. The van der Waals surface area contributed by atoms with Gasteiger partial charge in [-0.25, -0.2) is 0 Å². The summed E-state index contributed by atoms with van der Waals surface area (Å²) >= 11 is 0. The van der Waals surface area contributed by atoms with Gasteiger partial charge in [-0.15, -0.1) is 0 Å². The van der Waals surface area contributed by atoms with Crippen molar-refractivity contribution in [3.63, 3.8) is 0 Å². The van der Waals surface area contributed by atoms with E-state index >= 15 is 0 Å². The highest BCUT2D eigenvalue weighted by atomic mass is 14.9. The van der Waals surface area contributed by atoms with Gasteiger partial charge in [-0.2, -0.15) is 0 Å². The van der Waals surface area contributed by atoms with Crippen LogP contribution in [0, 0.1) is 5.92 Å². The highest BCUT2D eigenvalue weighted by molar-refractivity contribution is 5.28. The molecule has 0 spiro atoms. The fourth-order valence-electron chi connectivity index (χ4n) is 3.36. The molecule has 0 saturated heterocycles. The lowest BCUT2D eigenvalue weighted by Crippen LogP contribution is -2.31. The van der Waals surface area contributed by atoms with E-state index in [2.05, 4.69) is 50.4 Å². The quantitative estimate of drug-likeness (QED) is 0.792. The van der Waals surface area contributed by atoms with E-state index in [0.717, 1.165) is 18.4 Å². The van der Waals surface area contributed by atoms with E-state index in [0.29, 0.717) is 6.04 Å². The van der Waals surface area contributed by atoms with E-state index in [1.165, 1.54) is 37.7 Å². The van der Waals surface area contributed by atoms with Crippen LogP contribution in [0.4, 0.5) is 0 Å². The van der Waals surface area contributed by atoms with Crippen LogP contribution in [0.25, 0.3) is 0 Å². The van der Waals surface area contributed by atoms with E-state index in [-0.39, 0.29) is 0 Å². The first-order valence-corrected chi connectivity index (χ1v) is 8.03. The number of hydrogen-bond donors (Lipinski definition) is 1. The summed E-state index contributed by atoms with van der Waals surface area (Å²) in [4.78, 5) is 0. The molecule has 1 saturated carbocycles. The van der Waals surface area contributed by atoms with Crippen molar-refractivity contribution in [2.45, 2.75) is 64.8 Å². The van der Waals surface area contributed by atoms with Gasteiger partial charge in [-0.3, -0.25) is 0 Å². The standard InChI is InChI=1S/C18H29N/c1-4-11-19-18-10-6-9-17(18)16-8-5-7-15(13-16)12-14(2)3/h5,7-8,13-14,17-19H,4,6,9-12H2,1-3H3. The van der Waals surface area contributed by atoms with Crippen molar-refractivity contribution in [3.05, 3.63) is 35.4 Å². The maximum Gasteiger partial charge on any atom is 0.0136 e. The van der Waals surface area contributed by atoms with Crippen LogP contribution in [-0.4, -0.2) is 12.6 Å². The highest BCUT2D eigenvalue weighted by Gasteiger charge is 2.27. The van der Waals surface area contributed by atoms with E-state index in [1.54, 1.807) is 5.56 Å². The second-order valence-corrected chi connectivity index (χ2v) is 6.44. The summed E-state index contributed by atoms with van der Waals surface area (Å²) in [6.07, 6.45) is 6.51. The van der Waals surface area contributed by atoms with Crippen LogP contribution in [0.15, 0.2) is 24.3 Å². The highest BCUT2D eigenvalue weighted by Crippen LogP contribution is 2.35. The SMILES string of the molecule is CCCNC1CCCC1c1cccc(CC(C)C)c1. The fourth-order valence-corrected chi connectivity index (χ4v) is 3.36. The van der Waals surface area contributed by atoms with Gasteiger partial charge in [-0.1, -0.05) is 51.5 Å². The minimum Gasteiger partial charge on any atom is -0.313 e. The van der Waals surface area contributed by atoms with Gasteiger partial charge in [0, 0.05) is 6.04 Å². The van der Waals surface area contributed by atoms with Gasteiger partial charge >= 0.3 is 0 Å². The van der Waals surface area contributed by atoms with E-state index in [4.69, 9.17) is 0 Å². The van der Waals surface area contributed by atoms with Gasteiger partial charge in [0.2, 0.25) is 0 Å². The first-order valence-electron chi connectivity index (χ1n) is 8.03. The third-order valence-corrected chi connectivity index (χ3v) is 4.20. The molecule has 106 valence electrons. The average molecular weight is 259 g/mol. The molecule has 2 atom stereocenters. The largest absolute Gasteiger partial charge is 0.313 e. The Balaban J connectivity index is 2.07. The van der Waals surface area contributed by atoms with Gasteiger partial charge in [-0.05, 0) is 55.2 Å². The predicted molar refractivity (Wildman–Crippen MR) is 83.7 cm³/mol. The maximum absolute atomic E-state index is 3.74. The lowest BCUT2D eigenvalue weighted by atomic mass is 9.91. The van der Waals surface area contributed by atoms with Crippen LogP contribution < -0.4 is 5.32 Å². The lowest BCUT2D eigenvalue weighted by molar-refractivity contribution is 0.478. The van der Waals surface area contributed by atoms with Crippen molar-refractivity contribution in [1.82, 2.24) is 5.32 Å². The molecule has 1 aromatic carbocycles. The third kappa shape index (κ3) is 4.07. The van der Waals surface area contributed by atoms with Crippen molar-refractivity contribution < 1.29 is 0 Å². The molecule has 19 heavy (non-hydrogen) atoms. The van der Waals surface area contributed by atoms with E-state index < -0.39 is 0 Å². The fraction of sp³-hybridized carbons (Fsp3) is 0.667. The van der Waals surface area contributed by atoms with Crippen LogP contribution in [-0.2, 0) is 6.42 Å². The minimum absolute atomic E-state index is 0.703. The molecular weight excluding hydrogens is 230 g/mol. The number of hydrogen-bond acceptors (Lipinski definition) is 1. The summed E-state index contributed by atoms with van der Waals surface area (Å²) in [5, 5.41) is 3.74. The smallest absolute Gasteiger partial charge is 0.0136 e. The zero-order valence-corrected chi connectivity index (χ0v) is 12.8. The molecule has 0 radical (unpaired) electrons. The lowest BCUT2D eigenvalue weighted by Gasteiger charge is -2.22. The molecule has 1 aromatic rings. The molecule has 1 heteroatoms. The molecule has 0 aromatic heterocycles. The van der Waals surface area contributed by atoms with Crippen molar-refractivity contribution in [2.24, 2.45) is 5.92 Å². The van der Waals surface area contributed by atoms with Crippen molar-refractivity contribution >= 4 is 0 Å². The summed E-state index contributed by atoms with van der Waals surface area (Å²) in [7, 11) is 0.